The van der Waals surface area contributed by atoms with Gasteiger partial charge in [0.1, 0.15) is 11.8 Å². The standard InChI is InChI=1S/C12H20N2O6/c1-8(4-2-3-7-15)12(10(18)19,14-11(13)20)6-5-9(16)17/h7-8H,2-6H2,1H3,(H,16,17)(H,18,19)(H3,13,14,20). The lowest BCUT2D eigenvalue weighted by Crippen LogP contribution is -2.60. The van der Waals surface area contributed by atoms with Gasteiger partial charge >= 0.3 is 18.0 Å². The molecule has 8 nitrogen and oxygen atoms in total. The molecular weight excluding hydrogens is 268 g/mol. The van der Waals surface area contributed by atoms with Crippen molar-refractivity contribution in [3.05, 3.63) is 0 Å². The average molecular weight is 288 g/mol. The zero-order chi connectivity index (χ0) is 15.8. The molecule has 0 heterocycles. The Morgan fingerprint density at radius 1 is 1.35 bits per heavy atom. The smallest absolute Gasteiger partial charge is 0.329 e. The van der Waals surface area contributed by atoms with E-state index in [-0.39, 0.29) is 12.8 Å². The molecule has 0 bridgehead atoms. The van der Waals surface area contributed by atoms with Gasteiger partial charge in [-0.25, -0.2) is 9.59 Å². The van der Waals surface area contributed by atoms with Gasteiger partial charge in [-0.1, -0.05) is 6.92 Å². The first kappa shape index (κ1) is 17.9. The third kappa shape index (κ3) is 5.25. The van der Waals surface area contributed by atoms with Crippen molar-refractivity contribution in [3.63, 3.8) is 0 Å². The number of nitrogens with two attached hydrogens (primary N) is 1. The summed E-state index contributed by atoms with van der Waals surface area (Å²) in [6, 6.07) is -1.03. The predicted octanol–water partition coefficient (Wildman–Crippen LogP) is 0.348. The maximum absolute atomic E-state index is 11.5. The molecule has 2 atom stereocenters. The fraction of sp³-hybridized carbons (Fsp3) is 0.667. The van der Waals surface area contributed by atoms with Crippen molar-refractivity contribution >= 4 is 24.3 Å². The minimum absolute atomic E-state index is 0.273. The first-order chi connectivity index (χ1) is 9.26. The van der Waals surface area contributed by atoms with E-state index in [0.29, 0.717) is 19.1 Å². The normalized spacial score (nSPS) is 14.8. The van der Waals surface area contributed by atoms with Crippen molar-refractivity contribution in [2.75, 3.05) is 0 Å². The van der Waals surface area contributed by atoms with Crippen LogP contribution >= 0.6 is 0 Å². The topological polar surface area (TPSA) is 147 Å². The number of aldehydes is 1. The number of unbranched alkanes of at least 4 members (excludes halogenated alkanes) is 1. The van der Waals surface area contributed by atoms with E-state index in [1.807, 2.05) is 0 Å². The molecule has 0 rings (SSSR count). The van der Waals surface area contributed by atoms with Crippen LogP contribution in [0.25, 0.3) is 0 Å². The fourth-order valence-corrected chi connectivity index (χ4v) is 2.08. The number of hydrogen-bond donors (Lipinski definition) is 4. The Labute approximate surface area is 116 Å². The van der Waals surface area contributed by atoms with Gasteiger partial charge in [0, 0.05) is 12.8 Å². The Morgan fingerprint density at radius 3 is 2.35 bits per heavy atom. The monoisotopic (exact) mass is 288 g/mol. The van der Waals surface area contributed by atoms with Crippen molar-refractivity contribution < 1.29 is 29.4 Å². The van der Waals surface area contributed by atoms with Crippen molar-refractivity contribution in [3.8, 4) is 0 Å². The average Bonchev–Trinajstić information content (AvgIpc) is 2.33. The van der Waals surface area contributed by atoms with Gasteiger partial charge in [0.05, 0.1) is 0 Å². The first-order valence-corrected chi connectivity index (χ1v) is 6.22. The highest BCUT2D eigenvalue weighted by Crippen LogP contribution is 2.28. The molecule has 0 aromatic heterocycles. The Morgan fingerprint density at radius 2 is 1.95 bits per heavy atom. The zero-order valence-electron chi connectivity index (χ0n) is 11.3. The molecule has 5 N–H and O–H groups in total. The van der Waals surface area contributed by atoms with Gasteiger partial charge in [0.2, 0.25) is 0 Å². The van der Waals surface area contributed by atoms with Gasteiger partial charge in [0.25, 0.3) is 0 Å². The molecule has 0 radical (unpaired) electrons. The number of nitrogens with one attached hydrogen (secondary N) is 1. The highest BCUT2D eigenvalue weighted by molar-refractivity contribution is 5.86. The largest absolute Gasteiger partial charge is 0.481 e. The number of rotatable bonds is 10. The van der Waals surface area contributed by atoms with E-state index >= 15 is 0 Å². The number of carbonyl (C=O) groups is 4. The Hall–Kier alpha value is -2.12. The van der Waals surface area contributed by atoms with Crippen LogP contribution in [-0.4, -0.2) is 40.0 Å². The van der Waals surface area contributed by atoms with E-state index in [2.05, 4.69) is 5.32 Å². The summed E-state index contributed by atoms with van der Waals surface area (Å²) in [6.07, 6.45) is 1.11. The summed E-state index contributed by atoms with van der Waals surface area (Å²) in [5, 5.41) is 20.2. The van der Waals surface area contributed by atoms with Crippen molar-refractivity contribution in [1.29, 1.82) is 0 Å². The molecule has 0 spiro atoms. The number of carboxylic acid groups (broad SMARTS) is 2. The molecular formula is C12H20N2O6. The second-order valence-corrected chi connectivity index (χ2v) is 4.66. The van der Waals surface area contributed by atoms with Crippen molar-refractivity contribution in [1.82, 2.24) is 5.32 Å². The molecule has 0 fully saturated rings. The van der Waals surface area contributed by atoms with Crippen LogP contribution in [-0.2, 0) is 14.4 Å². The molecule has 20 heavy (non-hydrogen) atoms. The summed E-state index contributed by atoms with van der Waals surface area (Å²) < 4.78 is 0. The van der Waals surface area contributed by atoms with Gasteiger partial charge in [-0.05, 0) is 25.2 Å². The van der Waals surface area contributed by atoms with Crippen molar-refractivity contribution in [2.24, 2.45) is 11.7 Å². The maximum Gasteiger partial charge on any atom is 0.329 e. The molecule has 8 heteroatoms. The fourth-order valence-electron chi connectivity index (χ4n) is 2.08. The molecule has 0 aromatic rings. The molecule has 0 saturated heterocycles. The van der Waals surface area contributed by atoms with E-state index in [9.17, 15) is 24.3 Å². The lowest BCUT2D eigenvalue weighted by molar-refractivity contribution is -0.148. The molecule has 0 aliphatic heterocycles. The second-order valence-electron chi connectivity index (χ2n) is 4.66. The third-order valence-corrected chi connectivity index (χ3v) is 3.26. The first-order valence-electron chi connectivity index (χ1n) is 6.22. The highest BCUT2D eigenvalue weighted by atomic mass is 16.4. The summed E-state index contributed by atoms with van der Waals surface area (Å²) in [6.45, 7) is 1.58. The Kier molecular flexibility index (Phi) is 7.27. The molecule has 0 saturated carbocycles. The number of urea groups is 1. The van der Waals surface area contributed by atoms with E-state index in [4.69, 9.17) is 10.8 Å². The van der Waals surface area contributed by atoms with Crippen LogP contribution in [0.5, 0.6) is 0 Å². The zero-order valence-corrected chi connectivity index (χ0v) is 11.3. The van der Waals surface area contributed by atoms with E-state index in [0.717, 1.165) is 0 Å². The van der Waals surface area contributed by atoms with Crippen LogP contribution in [0, 0.1) is 5.92 Å². The number of carbonyl (C=O) groups excluding carboxylic acids is 2. The third-order valence-electron chi connectivity index (χ3n) is 3.26. The Balaban J connectivity index is 5.13. The molecule has 0 aliphatic carbocycles. The Bertz CT molecular complexity index is 384. The van der Waals surface area contributed by atoms with Crippen LogP contribution in [0.3, 0.4) is 0 Å². The van der Waals surface area contributed by atoms with E-state index < -0.39 is 35.8 Å². The van der Waals surface area contributed by atoms with Crippen LogP contribution < -0.4 is 11.1 Å². The number of amides is 2. The molecule has 2 amide bonds. The molecule has 0 aliphatic rings. The number of aliphatic carboxylic acids is 2. The molecule has 2 unspecified atom stereocenters. The van der Waals surface area contributed by atoms with Gasteiger partial charge < -0.3 is 26.1 Å². The highest BCUT2D eigenvalue weighted by Gasteiger charge is 2.44. The lowest BCUT2D eigenvalue weighted by atomic mass is 9.78. The summed E-state index contributed by atoms with van der Waals surface area (Å²) >= 11 is 0. The van der Waals surface area contributed by atoms with Crippen LogP contribution in [0.2, 0.25) is 0 Å². The SMILES string of the molecule is CC(CCCC=O)C(CCC(=O)O)(NC(N)=O)C(=O)O. The summed E-state index contributed by atoms with van der Waals surface area (Å²) in [5.41, 5.74) is 3.26. The van der Waals surface area contributed by atoms with Crippen molar-refractivity contribution in [2.45, 2.75) is 44.6 Å². The van der Waals surface area contributed by atoms with Gasteiger partial charge in [-0.3, -0.25) is 4.79 Å². The quantitative estimate of drug-likeness (QED) is 0.337. The maximum atomic E-state index is 11.5. The van der Waals surface area contributed by atoms with Gasteiger partial charge in [0.15, 0.2) is 0 Å². The number of hydrogen-bond acceptors (Lipinski definition) is 4. The number of primary amides is 1. The van der Waals surface area contributed by atoms with Crippen LogP contribution in [0.15, 0.2) is 0 Å². The van der Waals surface area contributed by atoms with Crippen LogP contribution in [0.1, 0.15) is 39.0 Å². The lowest BCUT2D eigenvalue weighted by Gasteiger charge is -2.35. The summed E-state index contributed by atoms with van der Waals surface area (Å²) in [7, 11) is 0. The van der Waals surface area contributed by atoms with E-state index in [1.54, 1.807) is 6.92 Å². The van der Waals surface area contributed by atoms with E-state index in [1.165, 1.54) is 0 Å². The molecule has 114 valence electrons. The second kappa shape index (κ2) is 8.13. The molecule has 0 aromatic carbocycles. The minimum atomic E-state index is -1.74. The number of carboxylic acids is 2. The van der Waals surface area contributed by atoms with Gasteiger partial charge in [-0.15, -0.1) is 0 Å². The summed E-state index contributed by atoms with van der Waals surface area (Å²) in [4.78, 5) is 43.5. The predicted molar refractivity (Wildman–Crippen MR) is 69.0 cm³/mol. The van der Waals surface area contributed by atoms with Gasteiger partial charge in [-0.2, -0.15) is 0 Å². The van der Waals surface area contributed by atoms with Crippen LogP contribution in [0.4, 0.5) is 4.79 Å². The summed E-state index contributed by atoms with van der Waals surface area (Å²) in [5.74, 6) is -3.06. The minimum Gasteiger partial charge on any atom is -0.481 e.